The van der Waals surface area contributed by atoms with E-state index in [1.54, 1.807) is 16.8 Å². The number of hydrogen-bond acceptors (Lipinski definition) is 4. The maximum atomic E-state index is 12.0. The van der Waals surface area contributed by atoms with Gasteiger partial charge in [0.25, 0.3) is 0 Å². The van der Waals surface area contributed by atoms with Gasteiger partial charge in [-0.2, -0.15) is 5.10 Å². The van der Waals surface area contributed by atoms with E-state index in [0.717, 1.165) is 28.2 Å². The lowest BCUT2D eigenvalue weighted by molar-refractivity contribution is 0.0698. The summed E-state index contributed by atoms with van der Waals surface area (Å²) in [7, 11) is 0. The van der Waals surface area contributed by atoms with Crippen LogP contribution >= 0.6 is 0 Å². The number of aliphatic hydroxyl groups excluding tert-OH is 1. The second-order valence-electron chi connectivity index (χ2n) is 8.19. The van der Waals surface area contributed by atoms with Gasteiger partial charge >= 0.3 is 5.97 Å². The summed E-state index contributed by atoms with van der Waals surface area (Å²) in [5.41, 5.74) is 5.60. The SMILES string of the molecule is Cc1ccc(-n2c(C)c(C(=O)O)c3cc(OCC(O)Cn4nc(C)cc4C)ccc32)cc1. The minimum absolute atomic E-state index is 0.0733. The number of carboxylic acids is 1. The van der Waals surface area contributed by atoms with Crippen molar-refractivity contribution in [3.05, 3.63) is 76.7 Å². The largest absolute Gasteiger partial charge is 0.491 e. The summed E-state index contributed by atoms with van der Waals surface area (Å²) < 4.78 is 9.50. The molecular formula is C25H27N3O4. The number of fused-ring (bicyclic) bond motifs is 1. The third-order valence-electron chi connectivity index (χ3n) is 5.61. The molecule has 32 heavy (non-hydrogen) atoms. The van der Waals surface area contributed by atoms with E-state index in [-0.39, 0.29) is 12.2 Å². The van der Waals surface area contributed by atoms with E-state index in [1.165, 1.54) is 0 Å². The van der Waals surface area contributed by atoms with Crippen LogP contribution < -0.4 is 4.74 Å². The molecule has 2 aromatic carbocycles. The highest BCUT2D eigenvalue weighted by molar-refractivity contribution is 6.06. The average Bonchev–Trinajstić information content (AvgIpc) is 3.21. The van der Waals surface area contributed by atoms with E-state index in [9.17, 15) is 15.0 Å². The molecule has 4 rings (SSSR count). The number of carboxylic acid groups (broad SMARTS) is 1. The maximum absolute atomic E-state index is 12.0. The Bertz CT molecular complexity index is 1290. The molecule has 2 heterocycles. The highest BCUT2D eigenvalue weighted by Crippen LogP contribution is 2.32. The van der Waals surface area contributed by atoms with Crippen LogP contribution in [0.25, 0.3) is 16.6 Å². The van der Waals surface area contributed by atoms with E-state index < -0.39 is 12.1 Å². The molecule has 0 radical (unpaired) electrons. The van der Waals surface area contributed by atoms with Crippen LogP contribution in [0.15, 0.2) is 48.5 Å². The molecular weight excluding hydrogens is 406 g/mol. The number of rotatable bonds is 7. The third-order valence-corrected chi connectivity index (χ3v) is 5.61. The molecule has 1 unspecified atom stereocenters. The molecule has 0 aliphatic rings. The van der Waals surface area contributed by atoms with E-state index in [0.29, 0.717) is 23.4 Å². The second kappa shape index (κ2) is 8.51. The number of ether oxygens (including phenoxy) is 1. The van der Waals surface area contributed by atoms with Crippen molar-refractivity contribution in [3.63, 3.8) is 0 Å². The van der Waals surface area contributed by atoms with E-state index >= 15 is 0 Å². The minimum Gasteiger partial charge on any atom is -0.491 e. The van der Waals surface area contributed by atoms with Crippen LogP contribution in [0.3, 0.4) is 0 Å². The number of carbonyl (C=O) groups is 1. The molecule has 0 spiro atoms. The van der Waals surface area contributed by atoms with Gasteiger partial charge in [-0.05, 0) is 64.1 Å². The highest BCUT2D eigenvalue weighted by Gasteiger charge is 2.21. The average molecular weight is 434 g/mol. The zero-order valence-corrected chi connectivity index (χ0v) is 18.7. The first-order valence-corrected chi connectivity index (χ1v) is 10.5. The minimum atomic E-state index is -0.986. The predicted molar refractivity (Wildman–Crippen MR) is 123 cm³/mol. The molecule has 0 bridgehead atoms. The van der Waals surface area contributed by atoms with Crippen LogP contribution in [-0.4, -0.2) is 43.2 Å². The Morgan fingerprint density at radius 1 is 1.06 bits per heavy atom. The molecule has 2 N–H and O–H groups in total. The Morgan fingerprint density at radius 2 is 1.78 bits per heavy atom. The van der Waals surface area contributed by atoms with Crippen LogP contribution in [0, 0.1) is 27.7 Å². The summed E-state index contributed by atoms with van der Waals surface area (Å²) in [6.07, 6.45) is -0.749. The van der Waals surface area contributed by atoms with Crippen molar-refractivity contribution in [1.29, 1.82) is 0 Å². The van der Waals surface area contributed by atoms with Crippen LogP contribution in [0.1, 0.15) is 33.0 Å². The molecule has 1 atom stereocenters. The quantitative estimate of drug-likeness (QED) is 0.456. The normalized spacial score (nSPS) is 12.3. The first-order valence-electron chi connectivity index (χ1n) is 10.5. The highest BCUT2D eigenvalue weighted by atomic mass is 16.5. The van der Waals surface area contributed by atoms with Gasteiger partial charge < -0.3 is 19.5 Å². The lowest BCUT2D eigenvalue weighted by Crippen LogP contribution is -2.24. The summed E-state index contributed by atoms with van der Waals surface area (Å²) in [5, 5.41) is 25.2. The van der Waals surface area contributed by atoms with Crippen LogP contribution in [0.4, 0.5) is 0 Å². The zero-order valence-electron chi connectivity index (χ0n) is 18.7. The summed E-state index contributed by atoms with van der Waals surface area (Å²) >= 11 is 0. The molecule has 2 aromatic heterocycles. The van der Waals surface area contributed by atoms with Gasteiger partial charge in [0.05, 0.1) is 23.3 Å². The fraction of sp³-hybridized carbons (Fsp3) is 0.280. The third kappa shape index (κ3) is 4.11. The van der Waals surface area contributed by atoms with E-state index in [4.69, 9.17) is 4.74 Å². The number of aryl methyl sites for hydroxylation is 3. The number of benzene rings is 2. The van der Waals surface area contributed by atoms with Crippen molar-refractivity contribution in [2.75, 3.05) is 6.61 Å². The topological polar surface area (TPSA) is 89.5 Å². The first-order chi connectivity index (χ1) is 15.2. The van der Waals surface area contributed by atoms with Crippen molar-refractivity contribution in [2.24, 2.45) is 0 Å². The Hall–Kier alpha value is -3.58. The molecule has 4 aromatic rings. The van der Waals surface area contributed by atoms with Crippen molar-refractivity contribution in [1.82, 2.24) is 14.3 Å². The molecule has 0 saturated heterocycles. The molecule has 0 saturated carbocycles. The predicted octanol–water partition coefficient (Wildman–Crippen LogP) is 4.20. The lowest BCUT2D eigenvalue weighted by atomic mass is 10.1. The van der Waals surface area contributed by atoms with E-state index in [1.807, 2.05) is 68.7 Å². The summed E-state index contributed by atoms with van der Waals surface area (Å²) in [4.78, 5) is 12.0. The molecule has 166 valence electrons. The smallest absolute Gasteiger partial charge is 0.338 e. The summed E-state index contributed by atoms with van der Waals surface area (Å²) in [6, 6.07) is 15.3. The standard InChI is InChI=1S/C25H27N3O4/c1-15-5-7-19(8-6-15)28-18(4)24(25(30)31)22-12-21(9-10-23(22)28)32-14-20(29)13-27-17(3)11-16(2)26-27/h5-12,20,29H,13-14H2,1-4H3,(H,30,31). The van der Waals surface area contributed by atoms with Gasteiger partial charge in [-0.15, -0.1) is 0 Å². The van der Waals surface area contributed by atoms with E-state index in [2.05, 4.69) is 5.10 Å². The van der Waals surface area contributed by atoms with Crippen molar-refractivity contribution < 1.29 is 19.7 Å². The van der Waals surface area contributed by atoms with Gasteiger partial charge in [0.15, 0.2) is 0 Å². The molecule has 0 aliphatic heterocycles. The number of aromatic carboxylic acids is 1. The molecule has 0 fully saturated rings. The number of hydrogen-bond donors (Lipinski definition) is 2. The van der Waals surface area contributed by atoms with Crippen molar-refractivity contribution in [2.45, 2.75) is 40.3 Å². The lowest BCUT2D eigenvalue weighted by Gasteiger charge is -2.14. The number of aliphatic hydroxyl groups is 1. The Balaban J connectivity index is 1.62. The monoisotopic (exact) mass is 433 g/mol. The first kappa shape index (κ1) is 21.6. The van der Waals surface area contributed by atoms with Crippen LogP contribution in [-0.2, 0) is 6.54 Å². The fourth-order valence-electron chi connectivity index (χ4n) is 4.09. The number of aromatic nitrogens is 3. The van der Waals surface area contributed by atoms with Crippen LogP contribution in [0.5, 0.6) is 5.75 Å². The van der Waals surface area contributed by atoms with Gasteiger partial charge in [0.1, 0.15) is 18.5 Å². The Morgan fingerprint density at radius 3 is 2.41 bits per heavy atom. The maximum Gasteiger partial charge on any atom is 0.338 e. The fourth-order valence-corrected chi connectivity index (χ4v) is 4.09. The molecule has 0 amide bonds. The molecule has 7 nitrogen and oxygen atoms in total. The molecule has 0 aliphatic carbocycles. The summed E-state index contributed by atoms with van der Waals surface area (Å²) in [5.74, 6) is -0.478. The summed E-state index contributed by atoms with van der Waals surface area (Å²) in [6.45, 7) is 8.07. The van der Waals surface area contributed by atoms with Crippen LogP contribution in [0.2, 0.25) is 0 Å². The van der Waals surface area contributed by atoms with Crippen molar-refractivity contribution in [3.8, 4) is 11.4 Å². The number of nitrogens with zero attached hydrogens (tertiary/aromatic N) is 3. The Kier molecular flexibility index (Phi) is 5.76. The van der Waals surface area contributed by atoms with Crippen molar-refractivity contribution >= 4 is 16.9 Å². The Labute approximate surface area is 186 Å². The molecule has 7 heteroatoms. The second-order valence-corrected chi connectivity index (χ2v) is 8.19. The van der Waals surface area contributed by atoms with Gasteiger partial charge in [-0.1, -0.05) is 17.7 Å². The van der Waals surface area contributed by atoms with Gasteiger partial charge in [0.2, 0.25) is 0 Å². The van der Waals surface area contributed by atoms with Gasteiger partial charge in [0, 0.05) is 22.5 Å². The zero-order chi connectivity index (χ0) is 23.0. The van der Waals surface area contributed by atoms with Gasteiger partial charge in [-0.25, -0.2) is 4.79 Å². The van der Waals surface area contributed by atoms with Gasteiger partial charge in [-0.3, -0.25) is 4.68 Å².